The molecule has 138 valence electrons. The van der Waals surface area contributed by atoms with E-state index in [-0.39, 0.29) is 11.8 Å². The maximum atomic E-state index is 12.6. The lowest BCUT2D eigenvalue weighted by molar-refractivity contribution is -0.143. The lowest BCUT2D eigenvalue weighted by atomic mass is 9.99. The molecule has 0 N–H and O–H groups in total. The minimum absolute atomic E-state index is 0.148. The second-order valence-electron chi connectivity index (χ2n) is 6.33. The van der Waals surface area contributed by atoms with Crippen molar-refractivity contribution < 1.29 is 19.1 Å². The van der Waals surface area contributed by atoms with E-state index < -0.39 is 0 Å². The molecule has 0 spiro atoms. The highest BCUT2D eigenvalue weighted by Gasteiger charge is 2.15. The van der Waals surface area contributed by atoms with Crippen LogP contribution in [0.2, 0.25) is 0 Å². The van der Waals surface area contributed by atoms with Crippen molar-refractivity contribution in [2.24, 2.45) is 0 Å². The number of unbranched alkanes of at least 4 members (excludes halogenated alkanes) is 2. The summed E-state index contributed by atoms with van der Waals surface area (Å²) < 4.78 is 10.3. The molecule has 1 heterocycles. The molecule has 0 radical (unpaired) electrons. The maximum absolute atomic E-state index is 12.6. The van der Waals surface area contributed by atoms with Gasteiger partial charge in [-0.25, -0.2) is 0 Å². The lowest BCUT2D eigenvalue weighted by Crippen LogP contribution is -2.36. The monoisotopic (exact) mass is 347 g/mol. The van der Waals surface area contributed by atoms with Crippen molar-refractivity contribution in [3.05, 3.63) is 35.4 Å². The summed E-state index contributed by atoms with van der Waals surface area (Å²) in [5, 5.41) is 0. The molecule has 1 aliphatic heterocycles. The average Bonchev–Trinajstić information content (AvgIpc) is 2.63. The zero-order valence-electron chi connectivity index (χ0n) is 15.2. The molecule has 2 rings (SSSR count). The minimum atomic E-state index is -0.148. The Labute approximate surface area is 150 Å². The molecule has 1 aliphatic rings. The predicted octanol–water partition coefficient (Wildman–Crippen LogP) is 3.22. The molecule has 0 amide bonds. The van der Waals surface area contributed by atoms with Gasteiger partial charge in [-0.15, -0.1) is 0 Å². The van der Waals surface area contributed by atoms with E-state index >= 15 is 0 Å². The largest absolute Gasteiger partial charge is 0.466 e. The quantitative estimate of drug-likeness (QED) is 0.369. The van der Waals surface area contributed by atoms with Crippen LogP contribution in [0.3, 0.4) is 0 Å². The molecule has 0 unspecified atom stereocenters. The highest BCUT2D eigenvalue weighted by atomic mass is 16.5. The highest BCUT2D eigenvalue weighted by Crippen LogP contribution is 2.17. The third kappa shape index (κ3) is 6.96. The molecular weight excluding hydrogens is 318 g/mol. The van der Waals surface area contributed by atoms with Crippen molar-refractivity contribution >= 4 is 11.8 Å². The first-order valence-corrected chi connectivity index (χ1v) is 9.27. The Morgan fingerprint density at radius 1 is 1.08 bits per heavy atom. The van der Waals surface area contributed by atoms with E-state index in [1.165, 1.54) is 0 Å². The maximum Gasteiger partial charge on any atom is 0.305 e. The molecular formula is C20H29NO4. The number of hydrogen-bond acceptors (Lipinski definition) is 5. The number of hydrogen-bond donors (Lipinski definition) is 0. The number of carbonyl (C=O) groups excluding carboxylic acids is 2. The zero-order chi connectivity index (χ0) is 17.9. The van der Waals surface area contributed by atoms with Crippen LogP contribution in [0, 0.1) is 0 Å². The van der Waals surface area contributed by atoms with Crippen LogP contribution in [0.5, 0.6) is 0 Å². The SMILES string of the molecule is CCOC(=O)CCCCCC(=O)c1ccccc1CN1CCOCC1. The molecule has 0 bridgehead atoms. The van der Waals surface area contributed by atoms with E-state index in [0.717, 1.165) is 63.2 Å². The van der Waals surface area contributed by atoms with Crippen molar-refractivity contribution in [1.29, 1.82) is 0 Å². The Morgan fingerprint density at radius 2 is 1.80 bits per heavy atom. The van der Waals surface area contributed by atoms with Gasteiger partial charge in [-0.3, -0.25) is 14.5 Å². The number of nitrogens with zero attached hydrogens (tertiary/aromatic N) is 1. The van der Waals surface area contributed by atoms with Crippen molar-refractivity contribution in [3.8, 4) is 0 Å². The molecule has 0 aromatic heterocycles. The molecule has 5 heteroatoms. The highest BCUT2D eigenvalue weighted by molar-refractivity contribution is 5.97. The molecule has 1 saturated heterocycles. The van der Waals surface area contributed by atoms with Gasteiger partial charge < -0.3 is 9.47 Å². The Hall–Kier alpha value is -1.72. The van der Waals surface area contributed by atoms with E-state index in [4.69, 9.17) is 9.47 Å². The van der Waals surface area contributed by atoms with E-state index in [1.54, 1.807) is 0 Å². The van der Waals surface area contributed by atoms with Crippen molar-refractivity contribution in [2.45, 2.75) is 45.6 Å². The Bertz CT molecular complexity index is 552. The van der Waals surface area contributed by atoms with Crippen LogP contribution < -0.4 is 0 Å². The Balaban J connectivity index is 1.78. The fourth-order valence-corrected chi connectivity index (χ4v) is 3.03. The van der Waals surface area contributed by atoms with Crippen LogP contribution in [0.25, 0.3) is 0 Å². The zero-order valence-corrected chi connectivity index (χ0v) is 15.2. The summed E-state index contributed by atoms with van der Waals surface area (Å²) in [6.07, 6.45) is 3.43. The summed E-state index contributed by atoms with van der Waals surface area (Å²) >= 11 is 0. The van der Waals surface area contributed by atoms with Gasteiger partial charge in [0, 0.05) is 38.0 Å². The first kappa shape index (κ1) is 19.6. The van der Waals surface area contributed by atoms with E-state index in [1.807, 2.05) is 31.2 Å². The molecule has 0 atom stereocenters. The molecule has 5 nitrogen and oxygen atoms in total. The second-order valence-corrected chi connectivity index (χ2v) is 6.33. The minimum Gasteiger partial charge on any atom is -0.466 e. The molecule has 1 aromatic rings. The van der Waals surface area contributed by atoms with E-state index in [9.17, 15) is 9.59 Å². The number of carbonyl (C=O) groups is 2. The summed E-state index contributed by atoms with van der Waals surface area (Å²) in [7, 11) is 0. The first-order valence-electron chi connectivity index (χ1n) is 9.27. The number of benzene rings is 1. The normalized spacial score (nSPS) is 15.1. The van der Waals surface area contributed by atoms with Crippen LogP contribution in [0.4, 0.5) is 0 Å². The number of rotatable bonds is 10. The standard InChI is InChI=1S/C20H29NO4/c1-2-25-20(23)11-5-3-4-10-19(22)18-9-7-6-8-17(18)16-21-12-14-24-15-13-21/h6-9H,2-5,10-16H2,1H3. The summed E-state index contributed by atoms with van der Waals surface area (Å²) in [6, 6.07) is 7.89. The third-order valence-corrected chi connectivity index (χ3v) is 4.41. The van der Waals surface area contributed by atoms with Gasteiger partial charge in [-0.2, -0.15) is 0 Å². The number of esters is 1. The van der Waals surface area contributed by atoms with Gasteiger partial charge in [-0.05, 0) is 25.3 Å². The van der Waals surface area contributed by atoms with E-state index in [2.05, 4.69) is 4.90 Å². The number of morpholine rings is 1. The van der Waals surface area contributed by atoms with Gasteiger partial charge in [-0.1, -0.05) is 30.7 Å². The van der Waals surface area contributed by atoms with Crippen LogP contribution in [-0.2, 0) is 20.8 Å². The van der Waals surface area contributed by atoms with Gasteiger partial charge in [0.15, 0.2) is 5.78 Å². The number of ketones is 1. The van der Waals surface area contributed by atoms with Gasteiger partial charge in [0.1, 0.15) is 0 Å². The van der Waals surface area contributed by atoms with Crippen LogP contribution in [-0.4, -0.2) is 49.6 Å². The number of ether oxygens (including phenoxy) is 2. The third-order valence-electron chi connectivity index (χ3n) is 4.41. The summed E-state index contributed by atoms with van der Waals surface area (Å²) in [5.41, 5.74) is 1.93. The smallest absolute Gasteiger partial charge is 0.305 e. The summed E-state index contributed by atoms with van der Waals surface area (Å²) in [5.74, 6) is 0.0460. The van der Waals surface area contributed by atoms with Crippen LogP contribution in [0.1, 0.15) is 54.9 Å². The van der Waals surface area contributed by atoms with Crippen molar-refractivity contribution in [3.63, 3.8) is 0 Å². The predicted molar refractivity (Wildman–Crippen MR) is 96.6 cm³/mol. The number of Topliss-reactive ketones (excluding diaryl/α,β-unsaturated/α-hetero) is 1. The van der Waals surface area contributed by atoms with Gasteiger partial charge in [0.05, 0.1) is 19.8 Å². The van der Waals surface area contributed by atoms with Crippen molar-refractivity contribution in [2.75, 3.05) is 32.9 Å². The molecule has 25 heavy (non-hydrogen) atoms. The first-order chi connectivity index (χ1) is 12.2. The van der Waals surface area contributed by atoms with Gasteiger partial charge >= 0.3 is 5.97 Å². The van der Waals surface area contributed by atoms with Gasteiger partial charge in [0.2, 0.25) is 0 Å². The molecule has 1 aromatic carbocycles. The van der Waals surface area contributed by atoms with E-state index in [0.29, 0.717) is 19.4 Å². The van der Waals surface area contributed by atoms with Crippen LogP contribution >= 0.6 is 0 Å². The Kier molecular flexibility index (Phi) is 8.63. The van der Waals surface area contributed by atoms with Crippen LogP contribution in [0.15, 0.2) is 24.3 Å². The molecule has 1 fully saturated rings. The van der Waals surface area contributed by atoms with Crippen molar-refractivity contribution in [1.82, 2.24) is 4.90 Å². The lowest BCUT2D eigenvalue weighted by Gasteiger charge is -2.27. The molecule has 0 aliphatic carbocycles. The topological polar surface area (TPSA) is 55.8 Å². The van der Waals surface area contributed by atoms with Gasteiger partial charge in [0.25, 0.3) is 0 Å². The summed E-state index contributed by atoms with van der Waals surface area (Å²) in [6.45, 7) is 6.39. The Morgan fingerprint density at radius 3 is 2.56 bits per heavy atom. The summed E-state index contributed by atoms with van der Waals surface area (Å²) in [4.78, 5) is 26.2. The second kappa shape index (κ2) is 11.0. The fourth-order valence-electron chi connectivity index (χ4n) is 3.03. The molecule has 0 saturated carbocycles. The fraction of sp³-hybridized carbons (Fsp3) is 0.600. The average molecular weight is 347 g/mol.